The number of anilines is 1. The topological polar surface area (TPSA) is 54.0 Å². The van der Waals surface area contributed by atoms with E-state index in [2.05, 4.69) is 21.0 Å². The predicted molar refractivity (Wildman–Crippen MR) is 71.8 cm³/mol. The van der Waals surface area contributed by atoms with Gasteiger partial charge in [0.15, 0.2) is 5.13 Å². The van der Waals surface area contributed by atoms with E-state index < -0.39 is 0 Å². The lowest BCUT2D eigenvalue weighted by molar-refractivity contribution is -0.117. The molecule has 1 saturated heterocycles. The Hall–Kier alpha value is -0.590. The molecule has 92 valence electrons. The summed E-state index contributed by atoms with van der Waals surface area (Å²) in [5, 5.41) is 8.94. The molecule has 1 aliphatic heterocycles. The first-order chi connectivity index (χ1) is 8.33. The molecule has 1 aromatic rings. The van der Waals surface area contributed by atoms with E-state index in [4.69, 9.17) is 0 Å². The Morgan fingerprint density at radius 1 is 1.53 bits per heavy atom. The van der Waals surface area contributed by atoms with Gasteiger partial charge in [0.05, 0.1) is 11.7 Å². The van der Waals surface area contributed by atoms with E-state index >= 15 is 0 Å². The predicted octanol–water partition coefficient (Wildman–Crippen LogP) is 1.66. The fourth-order valence-corrected chi connectivity index (χ4v) is 3.57. The minimum absolute atomic E-state index is 0.0499. The van der Waals surface area contributed by atoms with Gasteiger partial charge in [-0.2, -0.15) is 11.8 Å². The van der Waals surface area contributed by atoms with Gasteiger partial charge in [0.1, 0.15) is 0 Å². The van der Waals surface area contributed by atoms with E-state index in [1.54, 1.807) is 0 Å². The van der Waals surface area contributed by atoms with Crippen molar-refractivity contribution in [3.05, 3.63) is 11.1 Å². The number of nitrogens with zero attached hydrogens (tertiary/aromatic N) is 1. The lowest BCUT2D eigenvalue weighted by Crippen LogP contribution is -2.46. The Kier molecular flexibility index (Phi) is 3.35. The summed E-state index contributed by atoms with van der Waals surface area (Å²) in [5.74, 6) is 2.65. The van der Waals surface area contributed by atoms with E-state index in [9.17, 15) is 4.79 Å². The molecule has 1 amide bonds. The Morgan fingerprint density at radius 2 is 2.41 bits per heavy atom. The van der Waals surface area contributed by atoms with E-state index in [1.807, 2.05) is 11.8 Å². The molecule has 0 aromatic carbocycles. The second-order valence-electron chi connectivity index (χ2n) is 4.42. The van der Waals surface area contributed by atoms with Crippen LogP contribution >= 0.6 is 23.1 Å². The van der Waals surface area contributed by atoms with Gasteiger partial charge in [0.25, 0.3) is 0 Å². The number of carbonyl (C=O) groups is 1. The Labute approximate surface area is 109 Å². The van der Waals surface area contributed by atoms with Crippen LogP contribution in [0.4, 0.5) is 5.13 Å². The summed E-state index contributed by atoms with van der Waals surface area (Å²) in [5.41, 5.74) is 1.15. The molecule has 6 heteroatoms. The molecule has 3 rings (SSSR count). The van der Waals surface area contributed by atoms with Crippen molar-refractivity contribution in [3.8, 4) is 0 Å². The lowest BCUT2D eigenvalue weighted by atomic mass is 10.3. The highest BCUT2D eigenvalue weighted by Gasteiger charge is 2.27. The third-order valence-corrected chi connectivity index (χ3v) is 4.82. The number of aromatic nitrogens is 1. The first-order valence-electron chi connectivity index (χ1n) is 5.90. The molecule has 1 aliphatic carbocycles. The smallest absolute Gasteiger partial charge is 0.244 e. The standard InChI is InChI=1S/C11H15N3OS2/c15-10(9-5-16-4-3-12-9)14-11-13-8(6-17-11)7-1-2-7/h6-7,9,12H,1-5H2,(H,13,14,15). The van der Waals surface area contributed by atoms with Crippen molar-refractivity contribution < 1.29 is 4.79 Å². The minimum Gasteiger partial charge on any atom is -0.304 e. The number of hydrogen-bond acceptors (Lipinski definition) is 5. The van der Waals surface area contributed by atoms with Crippen LogP contribution in [0.5, 0.6) is 0 Å². The van der Waals surface area contributed by atoms with Crippen LogP contribution in [0.1, 0.15) is 24.5 Å². The SMILES string of the molecule is O=C(Nc1nc(C2CC2)cs1)C1CSCCN1. The van der Waals surface area contributed by atoms with Crippen molar-refractivity contribution in [1.82, 2.24) is 10.3 Å². The molecule has 2 N–H and O–H groups in total. The maximum atomic E-state index is 11.9. The molecule has 1 unspecified atom stereocenters. The zero-order valence-corrected chi connectivity index (χ0v) is 11.1. The normalized spacial score (nSPS) is 24.6. The van der Waals surface area contributed by atoms with Crippen molar-refractivity contribution in [1.29, 1.82) is 0 Å². The number of amides is 1. The second-order valence-corrected chi connectivity index (χ2v) is 6.43. The Morgan fingerprint density at radius 3 is 3.12 bits per heavy atom. The molecule has 2 aliphatic rings. The molecular weight excluding hydrogens is 254 g/mol. The summed E-state index contributed by atoms with van der Waals surface area (Å²) in [6.45, 7) is 0.911. The molecule has 2 heterocycles. The molecule has 1 saturated carbocycles. The van der Waals surface area contributed by atoms with Crippen LogP contribution in [-0.4, -0.2) is 35.0 Å². The highest BCUT2D eigenvalue weighted by Crippen LogP contribution is 2.40. The van der Waals surface area contributed by atoms with Crippen molar-refractivity contribution in [2.45, 2.75) is 24.8 Å². The number of thioether (sulfide) groups is 1. The van der Waals surface area contributed by atoms with E-state index in [1.165, 1.54) is 24.2 Å². The molecule has 0 bridgehead atoms. The van der Waals surface area contributed by atoms with Gasteiger partial charge in [0, 0.05) is 29.3 Å². The average molecular weight is 269 g/mol. The van der Waals surface area contributed by atoms with Crippen LogP contribution < -0.4 is 10.6 Å². The average Bonchev–Trinajstić information content (AvgIpc) is 3.12. The van der Waals surface area contributed by atoms with Gasteiger partial charge in [-0.1, -0.05) is 0 Å². The number of hydrogen-bond donors (Lipinski definition) is 2. The first kappa shape index (κ1) is 11.5. The van der Waals surface area contributed by atoms with Gasteiger partial charge in [-0.05, 0) is 12.8 Å². The van der Waals surface area contributed by atoms with Crippen LogP contribution in [0.2, 0.25) is 0 Å². The van der Waals surface area contributed by atoms with Crippen molar-refractivity contribution in [2.75, 3.05) is 23.4 Å². The summed E-state index contributed by atoms with van der Waals surface area (Å²) in [6, 6.07) is -0.0676. The van der Waals surface area contributed by atoms with Gasteiger partial charge in [-0.15, -0.1) is 11.3 Å². The number of thiazole rings is 1. The summed E-state index contributed by atoms with van der Waals surface area (Å²) in [4.78, 5) is 16.4. The molecule has 1 aromatic heterocycles. The largest absolute Gasteiger partial charge is 0.304 e. The van der Waals surface area contributed by atoms with Crippen LogP contribution in [0.25, 0.3) is 0 Å². The van der Waals surface area contributed by atoms with Gasteiger partial charge < -0.3 is 10.6 Å². The molecule has 1 atom stereocenters. The van der Waals surface area contributed by atoms with Crippen molar-refractivity contribution in [2.24, 2.45) is 0 Å². The number of rotatable bonds is 3. The first-order valence-corrected chi connectivity index (χ1v) is 7.94. The maximum Gasteiger partial charge on any atom is 0.244 e. The van der Waals surface area contributed by atoms with Crippen molar-refractivity contribution in [3.63, 3.8) is 0 Å². The quantitative estimate of drug-likeness (QED) is 0.876. The summed E-state index contributed by atoms with van der Waals surface area (Å²) in [6.07, 6.45) is 2.50. The van der Waals surface area contributed by atoms with Crippen LogP contribution in [-0.2, 0) is 4.79 Å². The van der Waals surface area contributed by atoms with E-state index in [0.717, 1.165) is 28.9 Å². The molecular formula is C11H15N3OS2. The van der Waals surface area contributed by atoms with E-state index in [0.29, 0.717) is 5.92 Å². The van der Waals surface area contributed by atoms with Crippen molar-refractivity contribution >= 4 is 34.1 Å². The van der Waals surface area contributed by atoms with Crippen LogP contribution in [0.15, 0.2) is 5.38 Å². The van der Waals surface area contributed by atoms with E-state index in [-0.39, 0.29) is 11.9 Å². The van der Waals surface area contributed by atoms with Gasteiger partial charge >= 0.3 is 0 Å². The van der Waals surface area contributed by atoms with Crippen LogP contribution in [0.3, 0.4) is 0 Å². The molecule has 2 fully saturated rings. The zero-order valence-electron chi connectivity index (χ0n) is 9.44. The monoisotopic (exact) mass is 269 g/mol. The molecule has 0 spiro atoms. The summed E-state index contributed by atoms with van der Waals surface area (Å²) in [7, 11) is 0. The third kappa shape index (κ3) is 2.81. The third-order valence-electron chi connectivity index (χ3n) is 2.99. The number of nitrogens with one attached hydrogen (secondary N) is 2. The Balaban J connectivity index is 1.58. The van der Waals surface area contributed by atoms with Crippen LogP contribution in [0, 0.1) is 0 Å². The zero-order chi connectivity index (χ0) is 11.7. The summed E-state index contributed by atoms with van der Waals surface area (Å²) >= 11 is 3.35. The highest BCUT2D eigenvalue weighted by molar-refractivity contribution is 7.99. The van der Waals surface area contributed by atoms with Gasteiger partial charge in [0.2, 0.25) is 5.91 Å². The molecule has 0 radical (unpaired) electrons. The second kappa shape index (κ2) is 4.96. The fraction of sp³-hybridized carbons (Fsp3) is 0.636. The highest BCUT2D eigenvalue weighted by atomic mass is 32.2. The summed E-state index contributed by atoms with van der Waals surface area (Å²) < 4.78 is 0. The van der Waals surface area contributed by atoms with Gasteiger partial charge in [-0.3, -0.25) is 4.79 Å². The lowest BCUT2D eigenvalue weighted by Gasteiger charge is -2.21. The Bertz CT molecular complexity index is 411. The maximum absolute atomic E-state index is 11.9. The number of carbonyl (C=O) groups excluding carboxylic acids is 1. The van der Waals surface area contributed by atoms with Gasteiger partial charge in [-0.25, -0.2) is 4.98 Å². The molecule has 4 nitrogen and oxygen atoms in total. The molecule has 17 heavy (non-hydrogen) atoms. The fourth-order valence-electron chi connectivity index (χ4n) is 1.84. The minimum atomic E-state index is -0.0676.